The van der Waals surface area contributed by atoms with E-state index in [1.54, 1.807) is 17.4 Å². The lowest BCUT2D eigenvalue weighted by Crippen LogP contribution is -2.33. The highest BCUT2D eigenvalue weighted by atomic mass is 32.1. The van der Waals surface area contributed by atoms with E-state index in [4.69, 9.17) is 4.74 Å². The third-order valence-electron chi connectivity index (χ3n) is 4.04. The lowest BCUT2D eigenvalue weighted by atomic mass is 10.0. The van der Waals surface area contributed by atoms with E-state index in [1.165, 1.54) is 18.2 Å². The summed E-state index contributed by atoms with van der Waals surface area (Å²) in [6.45, 7) is 4.02. The Labute approximate surface area is 181 Å². The molecule has 0 fully saturated rings. The number of hydrogen-bond donors (Lipinski definition) is 2. The van der Waals surface area contributed by atoms with Crippen molar-refractivity contribution in [2.24, 2.45) is 5.92 Å². The van der Waals surface area contributed by atoms with Crippen LogP contribution in [0.5, 0.6) is 0 Å². The number of ether oxygens (including phenoxy) is 1. The summed E-state index contributed by atoms with van der Waals surface area (Å²) in [4.78, 5) is 25.5. The van der Waals surface area contributed by atoms with Gasteiger partial charge in [-0.3, -0.25) is 9.59 Å². The summed E-state index contributed by atoms with van der Waals surface area (Å²) in [5, 5.41) is 15.8. The summed E-state index contributed by atoms with van der Waals surface area (Å²) < 4.78 is 18.6. The number of hydrogen-bond acceptors (Lipinski definition) is 7. The van der Waals surface area contributed by atoms with E-state index in [0.717, 1.165) is 16.2 Å². The Kier molecular flexibility index (Phi) is 7.61. The number of thiophene rings is 1. The lowest BCUT2D eigenvalue weighted by molar-refractivity contribution is -0.127. The zero-order valence-corrected chi connectivity index (χ0v) is 18.1. The molecule has 3 rings (SSSR count). The van der Waals surface area contributed by atoms with E-state index >= 15 is 0 Å². The van der Waals surface area contributed by atoms with Crippen LogP contribution in [0, 0.1) is 11.7 Å². The first-order valence-electron chi connectivity index (χ1n) is 9.22. The molecule has 0 unspecified atom stereocenters. The molecule has 10 heteroatoms. The predicted molar refractivity (Wildman–Crippen MR) is 114 cm³/mol. The molecule has 7 nitrogen and oxygen atoms in total. The van der Waals surface area contributed by atoms with Gasteiger partial charge in [0.2, 0.25) is 10.9 Å². The summed E-state index contributed by atoms with van der Waals surface area (Å²) in [7, 11) is 0. The molecular weight excluding hydrogens is 427 g/mol. The number of rotatable bonds is 9. The van der Waals surface area contributed by atoms with Gasteiger partial charge >= 0.3 is 0 Å². The molecule has 2 aromatic heterocycles. The second kappa shape index (κ2) is 10.4. The molecule has 158 valence electrons. The van der Waals surface area contributed by atoms with Crippen molar-refractivity contribution in [2.45, 2.75) is 26.5 Å². The van der Waals surface area contributed by atoms with Crippen molar-refractivity contribution in [3.8, 4) is 0 Å². The van der Waals surface area contributed by atoms with Crippen LogP contribution in [0.3, 0.4) is 0 Å². The fraction of sp³-hybridized carbons (Fsp3) is 0.300. The van der Waals surface area contributed by atoms with E-state index in [-0.39, 0.29) is 36.1 Å². The molecule has 2 heterocycles. The number of nitrogens with zero attached hydrogens (tertiary/aromatic N) is 2. The third-order valence-corrected chi connectivity index (χ3v) is 5.89. The average Bonchev–Trinajstić information content (AvgIpc) is 3.38. The first kappa shape index (κ1) is 22.0. The maximum absolute atomic E-state index is 13.2. The van der Waals surface area contributed by atoms with Crippen molar-refractivity contribution in [1.29, 1.82) is 0 Å². The van der Waals surface area contributed by atoms with Crippen LogP contribution in [0.25, 0.3) is 0 Å². The molecule has 0 radical (unpaired) electrons. The van der Waals surface area contributed by atoms with Gasteiger partial charge in [0.05, 0.1) is 6.04 Å². The molecule has 3 aromatic rings. The Balaban J connectivity index is 1.47. The van der Waals surface area contributed by atoms with Crippen molar-refractivity contribution in [1.82, 2.24) is 15.5 Å². The van der Waals surface area contributed by atoms with Gasteiger partial charge in [-0.15, -0.1) is 21.5 Å². The molecule has 1 aromatic carbocycles. The summed E-state index contributed by atoms with van der Waals surface area (Å²) in [6.07, 6.45) is 0. The minimum Gasteiger partial charge on any atom is -0.364 e. The Bertz CT molecular complexity index is 992. The molecule has 0 spiro atoms. The normalized spacial score (nSPS) is 12.0. The quantitative estimate of drug-likeness (QED) is 0.516. The number of nitrogens with one attached hydrogen (secondary N) is 2. The zero-order chi connectivity index (χ0) is 21.5. The molecule has 0 saturated carbocycles. The summed E-state index contributed by atoms with van der Waals surface area (Å²) >= 11 is 2.65. The number of anilines is 1. The van der Waals surface area contributed by atoms with Crippen molar-refractivity contribution in [3.05, 3.63) is 62.5 Å². The van der Waals surface area contributed by atoms with Gasteiger partial charge in [0.25, 0.3) is 5.91 Å². The highest BCUT2D eigenvalue weighted by molar-refractivity contribution is 7.13. The van der Waals surface area contributed by atoms with E-state index in [2.05, 4.69) is 20.8 Å². The number of benzene rings is 1. The van der Waals surface area contributed by atoms with Gasteiger partial charge in [-0.2, -0.15) is 0 Å². The molecule has 0 aliphatic heterocycles. The van der Waals surface area contributed by atoms with Crippen LogP contribution in [0.2, 0.25) is 0 Å². The number of halogens is 1. The average molecular weight is 449 g/mol. The summed E-state index contributed by atoms with van der Waals surface area (Å²) in [5.74, 6) is -0.917. The van der Waals surface area contributed by atoms with E-state index in [0.29, 0.717) is 10.7 Å². The molecule has 30 heavy (non-hydrogen) atoms. The molecule has 0 aliphatic rings. The van der Waals surface area contributed by atoms with Crippen molar-refractivity contribution in [2.75, 3.05) is 11.9 Å². The standard InChI is InChI=1S/C20H21FN4O3S2/c1-12(2)18(15-7-4-8-29-15)23-16(26)10-28-11-17-24-25-20(30-17)19(27)22-14-6-3-5-13(21)9-14/h3-9,12,18H,10-11H2,1-2H3,(H,22,27)(H,23,26)/t18-/m0/s1. The zero-order valence-electron chi connectivity index (χ0n) is 16.4. The predicted octanol–water partition coefficient (Wildman–Crippen LogP) is 4.02. The molecule has 1 atom stereocenters. The van der Waals surface area contributed by atoms with Crippen LogP contribution < -0.4 is 10.6 Å². The number of amides is 2. The van der Waals surface area contributed by atoms with Gasteiger partial charge < -0.3 is 15.4 Å². The Morgan fingerprint density at radius 3 is 2.73 bits per heavy atom. The molecule has 2 N–H and O–H groups in total. The minimum atomic E-state index is -0.488. The van der Waals surface area contributed by atoms with Crippen LogP contribution in [-0.2, 0) is 16.1 Å². The maximum atomic E-state index is 13.2. The van der Waals surface area contributed by atoms with Gasteiger partial charge in [0.15, 0.2) is 0 Å². The molecule has 0 bridgehead atoms. The molecule has 0 aliphatic carbocycles. The van der Waals surface area contributed by atoms with Gasteiger partial charge in [-0.25, -0.2) is 4.39 Å². The Morgan fingerprint density at radius 1 is 1.20 bits per heavy atom. The van der Waals surface area contributed by atoms with E-state index < -0.39 is 11.7 Å². The fourth-order valence-corrected chi connectivity index (χ4v) is 4.26. The highest BCUT2D eigenvalue weighted by Crippen LogP contribution is 2.25. The summed E-state index contributed by atoms with van der Waals surface area (Å²) in [6, 6.07) is 9.45. The van der Waals surface area contributed by atoms with Crippen LogP contribution in [0.1, 0.15) is 39.6 Å². The maximum Gasteiger partial charge on any atom is 0.286 e. The number of carbonyl (C=O) groups excluding carboxylic acids is 2. The second-order valence-corrected chi connectivity index (χ2v) is 8.80. The first-order valence-corrected chi connectivity index (χ1v) is 10.9. The fourth-order valence-electron chi connectivity index (χ4n) is 2.64. The largest absolute Gasteiger partial charge is 0.364 e. The van der Waals surface area contributed by atoms with Crippen LogP contribution in [0.4, 0.5) is 10.1 Å². The van der Waals surface area contributed by atoms with Gasteiger partial charge in [0, 0.05) is 10.6 Å². The van der Waals surface area contributed by atoms with Crippen molar-refractivity contribution >= 4 is 40.2 Å². The molecular formula is C20H21FN4O3S2. The number of aromatic nitrogens is 2. The van der Waals surface area contributed by atoms with Gasteiger partial charge in [-0.05, 0) is 35.6 Å². The number of carbonyl (C=O) groups is 2. The third kappa shape index (κ3) is 6.15. The van der Waals surface area contributed by atoms with Gasteiger partial charge in [0.1, 0.15) is 24.0 Å². The molecule has 2 amide bonds. The van der Waals surface area contributed by atoms with Crippen LogP contribution >= 0.6 is 22.7 Å². The minimum absolute atomic E-state index is 0.0592. The van der Waals surface area contributed by atoms with Crippen LogP contribution in [-0.4, -0.2) is 28.6 Å². The van der Waals surface area contributed by atoms with Gasteiger partial charge in [-0.1, -0.05) is 37.3 Å². The Hall–Kier alpha value is -2.69. The highest BCUT2D eigenvalue weighted by Gasteiger charge is 2.19. The van der Waals surface area contributed by atoms with Crippen LogP contribution in [0.15, 0.2) is 41.8 Å². The first-order chi connectivity index (χ1) is 14.4. The smallest absolute Gasteiger partial charge is 0.286 e. The van der Waals surface area contributed by atoms with E-state index in [1.807, 2.05) is 31.4 Å². The van der Waals surface area contributed by atoms with Crippen molar-refractivity contribution in [3.63, 3.8) is 0 Å². The monoisotopic (exact) mass is 448 g/mol. The lowest BCUT2D eigenvalue weighted by Gasteiger charge is -2.21. The topological polar surface area (TPSA) is 93.2 Å². The molecule has 0 saturated heterocycles. The van der Waals surface area contributed by atoms with Crippen molar-refractivity contribution < 1.29 is 18.7 Å². The second-order valence-electron chi connectivity index (χ2n) is 6.76. The Morgan fingerprint density at radius 2 is 2.03 bits per heavy atom. The SMILES string of the molecule is CC(C)[C@H](NC(=O)COCc1nnc(C(=O)Nc2cccc(F)c2)s1)c1cccs1. The summed E-state index contributed by atoms with van der Waals surface area (Å²) in [5.41, 5.74) is 0.329. The van der Waals surface area contributed by atoms with E-state index in [9.17, 15) is 14.0 Å².